The molecule has 0 radical (unpaired) electrons. The Morgan fingerprint density at radius 1 is 1.53 bits per heavy atom. The highest BCUT2D eigenvalue weighted by Gasteiger charge is 2.45. The summed E-state index contributed by atoms with van der Waals surface area (Å²) in [5.41, 5.74) is 0. The second kappa shape index (κ2) is 4.94. The van der Waals surface area contributed by atoms with E-state index in [1.54, 1.807) is 6.33 Å². The molecule has 4 nitrogen and oxygen atoms in total. The topological polar surface area (TPSA) is 42.7 Å². The summed E-state index contributed by atoms with van der Waals surface area (Å²) in [6, 6.07) is 0.249. The summed E-state index contributed by atoms with van der Waals surface area (Å²) >= 11 is 6.15. The Bertz CT molecular complexity index is 368. The third-order valence-corrected chi connectivity index (χ3v) is 4.43. The Hall–Kier alpha value is -0.610. The molecule has 0 spiro atoms. The number of hydrogen-bond acceptors (Lipinski definition) is 3. The van der Waals surface area contributed by atoms with Gasteiger partial charge in [0.25, 0.3) is 0 Å². The molecule has 1 aliphatic rings. The third-order valence-electron chi connectivity index (χ3n) is 3.71. The van der Waals surface area contributed by atoms with E-state index in [1.807, 2.05) is 11.6 Å². The molecule has 0 aliphatic heterocycles. The standard InChI is InChI=1S/C12H21ClN4/c1-7(2)11(12-16-15-6-17(12)4)14-5-9-8(3)10(9)13/h6-11,14H,5H2,1-4H3/t8-,9+,10+,11-/m0/s1. The summed E-state index contributed by atoms with van der Waals surface area (Å²) in [6.07, 6.45) is 1.75. The van der Waals surface area contributed by atoms with Crippen molar-refractivity contribution >= 4 is 11.6 Å². The van der Waals surface area contributed by atoms with E-state index in [-0.39, 0.29) is 6.04 Å². The second-order valence-corrected chi connectivity index (χ2v) is 5.90. The van der Waals surface area contributed by atoms with E-state index >= 15 is 0 Å². The molecule has 5 heteroatoms. The molecule has 1 aromatic heterocycles. The predicted molar refractivity (Wildman–Crippen MR) is 68.9 cm³/mol. The highest BCUT2D eigenvalue weighted by Crippen LogP contribution is 2.43. The van der Waals surface area contributed by atoms with Gasteiger partial charge in [0, 0.05) is 19.0 Å². The van der Waals surface area contributed by atoms with Crippen LogP contribution in [0, 0.1) is 17.8 Å². The molecule has 1 aromatic rings. The Morgan fingerprint density at radius 3 is 2.59 bits per heavy atom. The molecule has 0 aromatic carbocycles. The van der Waals surface area contributed by atoms with Crippen molar-refractivity contribution in [1.82, 2.24) is 20.1 Å². The summed E-state index contributed by atoms with van der Waals surface area (Å²) in [4.78, 5) is 0. The molecule has 4 atom stereocenters. The van der Waals surface area contributed by atoms with Crippen LogP contribution in [0.1, 0.15) is 32.6 Å². The van der Waals surface area contributed by atoms with Gasteiger partial charge < -0.3 is 9.88 Å². The van der Waals surface area contributed by atoms with Gasteiger partial charge in [0.15, 0.2) is 0 Å². The zero-order valence-corrected chi connectivity index (χ0v) is 11.6. The van der Waals surface area contributed by atoms with E-state index in [4.69, 9.17) is 11.6 Å². The number of nitrogens with zero attached hydrogens (tertiary/aromatic N) is 3. The summed E-state index contributed by atoms with van der Waals surface area (Å²) < 4.78 is 1.98. The van der Waals surface area contributed by atoms with Gasteiger partial charge in [-0.15, -0.1) is 21.8 Å². The number of nitrogens with one attached hydrogen (secondary N) is 1. The fraction of sp³-hybridized carbons (Fsp3) is 0.833. The second-order valence-electron chi connectivity index (χ2n) is 5.40. The van der Waals surface area contributed by atoms with Crippen LogP contribution >= 0.6 is 11.6 Å². The minimum absolute atomic E-state index is 0.249. The first-order valence-electron chi connectivity index (χ1n) is 6.23. The molecule has 1 heterocycles. The lowest BCUT2D eigenvalue weighted by Crippen LogP contribution is -2.30. The van der Waals surface area contributed by atoms with Gasteiger partial charge in [-0.1, -0.05) is 20.8 Å². The fourth-order valence-electron chi connectivity index (χ4n) is 2.25. The quantitative estimate of drug-likeness (QED) is 0.820. The van der Waals surface area contributed by atoms with Crippen molar-refractivity contribution in [2.24, 2.45) is 24.8 Å². The highest BCUT2D eigenvalue weighted by molar-refractivity contribution is 6.23. The lowest BCUT2D eigenvalue weighted by molar-refractivity contribution is 0.376. The maximum Gasteiger partial charge on any atom is 0.149 e. The monoisotopic (exact) mass is 256 g/mol. The van der Waals surface area contributed by atoms with Gasteiger partial charge in [0.05, 0.1) is 6.04 Å². The molecule has 1 fully saturated rings. The van der Waals surface area contributed by atoms with Gasteiger partial charge in [0.2, 0.25) is 0 Å². The van der Waals surface area contributed by atoms with E-state index in [1.165, 1.54) is 0 Å². The van der Waals surface area contributed by atoms with Gasteiger partial charge >= 0.3 is 0 Å². The van der Waals surface area contributed by atoms with Crippen molar-refractivity contribution in [1.29, 1.82) is 0 Å². The summed E-state index contributed by atoms with van der Waals surface area (Å²) in [5, 5.41) is 12.1. The average molecular weight is 257 g/mol. The molecule has 2 rings (SSSR count). The van der Waals surface area contributed by atoms with Gasteiger partial charge in [-0.3, -0.25) is 0 Å². The maximum atomic E-state index is 6.15. The van der Waals surface area contributed by atoms with Crippen LogP contribution in [0.2, 0.25) is 0 Å². The number of rotatable bonds is 5. The minimum atomic E-state index is 0.249. The number of hydrogen-bond donors (Lipinski definition) is 1. The highest BCUT2D eigenvalue weighted by atomic mass is 35.5. The molecule has 1 aliphatic carbocycles. The zero-order valence-electron chi connectivity index (χ0n) is 10.9. The van der Waals surface area contributed by atoms with Crippen molar-refractivity contribution in [3.8, 4) is 0 Å². The number of aryl methyl sites for hydroxylation is 1. The third kappa shape index (κ3) is 2.63. The van der Waals surface area contributed by atoms with Crippen LogP contribution in [-0.2, 0) is 7.05 Å². The number of alkyl halides is 1. The normalized spacial score (nSPS) is 29.6. The molecule has 96 valence electrons. The van der Waals surface area contributed by atoms with Crippen LogP contribution < -0.4 is 5.32 Å². The lowest BCUT2D eigenvalue weighted by Gasteiger charge is -2.21. The SMILES string of the molecule is CC(C)[C@H](NC[C@@H]1[C@H](C)[C@H]1Cl)c1nncn1C. The molecule has 0 amide bonds. The van der Waals surface area contributed by atoms with Crippen LogP contribution in [0.15, 0.2) is 6.33 Å². The zero-order chi connectivity index (χ0) is 12.6. The maximum absolute atomic E-state index is 6.15. The van der Waals surface area contributed by atoms with Crippen molar-refractivity contribution < 1.29 is 0 Å². The summed E-state index contributed by atoms with van der Waals surface area (Å²) in [6.45, 7) is 7.56. The van der Waals surface area contributed by atoms with Gasteiger partial charge in [-0.2, -0.15) is 0 Å². The number of halogens is 1. The Morgan fingerprint density at radius 2 is 2.18 bits per heavy atom. The van der Waals surface area contributed by atoms with Gasteiger partial charge in [-0.25, -0.2) is 0 Å². The van der Waals surface area contributed by atoms with Crippen LogP contribution in [0.5, 0.6) is 0 Å². The van der Waals surface area contributed by atoms with Crippen LogP contribution in [0.25, 0.3) is 0 Å². The van der Waals surface area contributed by atoms with Gasteiger partial charge in [0.1, 0.15) is 12.2 Å². The van der Waals surface area contributed by atoms with E-state index in [9.17, 15) is 0 Å². The summed E-state index contributed by atoms with van der Waals surface area (Å²) in [7, 11) is 1.98. The van der Waals surface area contributed by atoms with E-state index in [2.05, 4.69) is 36.3 Å². The van der Waals surface area contributed by atoms with E-state index in [0.717, 1.165) is 12.4 Å². The van der Waals surface area contributed by atoms with Crippen LogP contribution in [0.4, 0.5) is 0 Å². The number of aromatic nitrogens is 3. The molecule has 17 heavy (non-hydrogen) atoms. The largest absolute Gasteiger partial charge is 0.319 e. The fourth-order valence-corrected chi connectivity index (χ4v) is 2.67. The van der Waals surface area contributed by atoms with Crippen LogP contribution in [0.3, 0.4) is 0 Å². The van der Waals surface area contributed by atoms with Gasteiger partial charge in [-0.05, 0) is 17.8 Å². The molecular weight excluding hydrogens is 236 g/mol. The molecule has 1 saturated carbocycles. The van der Waals surface area contributed by atoms with Crippen LogP contribution in [-0.4, -0.2) is 26.7 Å². The first kappa shape index (κ1) is 12.8. The average Bonchev–Trinajstić information content (AvgIpc) is 2.67. The van der Waals surface area contributed by atoms with E-state index in [0.29, 0.717) is 23.1 Å². The lowest BCUT2D eigenvalue weighted by atomic mass is 10.0. The first-order chi connectivity index (χ1) is 8.02. The van der Waals surface area contributed by atoms with Crippen molar-refractivity contribution in [2.75, 3.05) is 6.54 Å². The van der Waals surface area contributed by atoms with E-state index < -0.39 is 0 Å². The minimum Gasteiger partial charge on any atom is -0.319 e. The van der Waals surface area contributed by atoms with Crippen molar-refractivity contribution in [3.05, 3.63) is 12.2 Å². The summed E-state index contributed by atoms with van der Waals surface area (Å²) in [5.74, 6) is 2.72. The molecule has 1 N–H and O–H groups in total. The van der Waals surface area contributed by atoms with Crippen molar-refractivity contribution in [3.63, 3.8) is 0 Å². The Kier molecular flexibility index (Phi) is 3.73. The predicted octanol–water partition coefficient (Wildman–Crippen LogP) is 1.98. The Labute approximate surface area is 108 Å². The molecule has 0 saturated heterocycles. The molecular formula is C12H21ClN4. The van der Waals surface area contributed by atoms with Crippen molar-refractivity contribution in [2.45, 2.75) is 32.2 Å². The first-order valence-corrected chi connectivity index (χ1v) is 6.67. The molecule has 0 unspecified atom stereocenters. The smallest absolute Gasteiger partial charge is 0.149 e. The Balaban J connectivity index is 1.97. The molecule has 0 bridgehead atoms.